The Morgan fingerprint density at radius 3 is 2.48 bits per heavy atom. The molecule has 124 valence electrons. The average molecular weight is 314 g/mol. The van der Waals surface area contributed by atoms with Crippen LogP contribution in [0.4, 0.5) is 5.82 Å². The van der Waals surface area contributed by atoms with Crippen molar-refractivity contribution in [2.45, 2.75) is 27.7 Å². The minimum atomic E-state index is 0.0936. The van der Waals surface area contributed by atoms with E-state index in [2.05, 4.69) is 48.6 Å². The summed E-state index contributed by atoms with van der Waals surface area (Å²) in [7, 11) is 0. The van der Waals surface area contributed by atoms with Gasteiger partial charge in [-0.2, -0.15) is 0 Å². The van der Waals surface area contributed by atoms with E-state index in [-0.39, 0.29) is 11.3 Å². The van der Waals surface area contributed by atoms with Crippen molar-refractivity contribution >= 4 is 11.7 Å². The zero-order valence-corrected chi connectivity index (χ0v) is 14.5. The molecule has 5 heteroatoms. The van der Waals surface area contributed by atoms with Crippen LogP contribution in [0.1, 0.15) is 27.7 Å². The maximum absolute atomic E-state index is 12.9. The number of allylic oxidation sites excluding steroid dienone is 2. The lowest BCUT2D eigenvalue weighted by atomic mass is 10.1. The van der Waals surface area contributed by atoms with Crippen LogP contribution in [0.2, 0.25) is 0 Å². The number of anilines is 1. The van der Waals surface area contributed by atoms with Gasteiger partial charge in [0.05, 0.1) is 12.1 Å². The Bertz CT molecular complexity index is 599. The van der Waals surface area contributed by atoms with E-state index < -0.39 is 0 Å². The molecule has 1 saturated heterocycles. The van der Waals surface area contributed by atoms with E-state index in [0.29, 0.717) is 11.8 Å². The Morgan fingerprint density at radius 2 is 1.91 bits per heavy atom. The zero-order chi connectivity index (χ0) is 16.6. The van der Waals surface area contributed by atoms with E-state index in [1.54, 1.807) is 18.6 Å². The van der Waals surface area contributed by atoms with Gasteiger partial charge in [-0.15, -0.1) is 0 Å². The minimum absolute atomic E-state index is 0.0936. The number of piperazine rings is 1. The number of rotatable bonds is 3. The van der Waals surface area contributed by atoms with E-state index in [9.17, 15) is 4.79 Å². The molecular formula is C18H26N4O. The molecule has 2 heterocycles. The van der Waals surface area contributed by atoms with Crippen LogP contribution < -0.4 is 4.90 Å². The van der Waals surface area contributed by atoms with Gasteiger partial charge in [-0.05, 0) is 25.2 Å². The third kappa shape index (κ3) is 3.09. The molecule has 0 aromatic carbocycles. The van der Waals surface area contributed by atoms with Gasteiger partial charge in [0.15, 0.2) is 0 Å². The molecule has 2 atom stereocenters. The van der Waals surface area contributed by atoms with Gasteiger partial charge < -0.3 is 9.80 Å². The maximum Gasteiger partial charge on any atom is 0.226 e. The zero-order valence-electron chi connectivity index (χ0n) is 14.5. The first-order chi connectivity index (χ1) is 10.9. The predicted octanol–water partition coefficient (Wildman–Crippen LogP) is 2.36. The molecule has 1 aliphatic carbocycles. The van der Waals surface area contributed by atoms with Gasteiger partial charge in [-0.25, -0.2) is 4.98 Å². The van der Waals surface area contributed by atoms with Crippen LogP contribution in [-0.4, -0.2) is 47.0 Å². The third-order valence-corrected chi connectivity index (χ3v) is 5.15. The number of carbonyl (C=O) groups is 1. The number of nitrogens with zero attached hydrogens (tertiary/aromatic N) is 4. The van der Waals surface area contributed by atoms with Crippen molar-refractivity contribution in [3.05, 3.63) is 30.2 Å². The molecule has 2 fully saturated rings. The molecule has 1 saturated carbocycles. The van der Waals surface area contributed by atoms with Crippen LogP contribution in [0.25, 0.3) is 0 Å². The number of hydrogen-bond donors (Lipinski definition) is 0. The highest BCUT2D eigenvalue weighted by Gasteiger charge is 2.61. The first-order valence-corrected chi connectivity index (χ1v) is 8.36. The lowest BCUT2D eigenvalue weighted by Crippen LogP contribution is -2.49. The second-order valence-electron chi connectivity index (χ2n) is 7.44. The van der Waals surface area contributed by atoms with Crippen molar-refractivity contribution in [1.29, 1.82) is 0 Å². The van der Waals surface area contributed by atoms with Crippen molar-refractivity contribution < 1.29 is 4.79 Å². The van der Waals surface area contributed by atoms with E-state index in [1.165, 1.54) is 5.57 Å². The summed E-state index contributed by atoms with van der Waals surface area (Å²) >= 11 is 0. The van der Waals surface area contributed by atoms with E-state index in [4.69, 9.17) is 0 Å². The lowest BCUT2D eigenvalue weighted by molar-refractivity contribution is -0.133. The van der Waals surface area contributed by atoms with Crippen LogP contribution >= 0.6 is 0 Å². The van der Waals surface area contributed by atoms with Crippen molar-refractivity contribution in [3.63, 3.8) is 0 Å². The number of aromatic nitrogens is 2. The Morgan fingerprint density at radius 1 is 1.22 bits per heavy atom. The molecule has 1 aromatic heterocycles. The maximum atomic E-state index is 12.9. The molecule has 5 nitrogen and oxygen atoms in total. The van der Waals surface area contributed by atoms with Gasteiger partial charge in [-0.1, -0.05) is 25.5 Å². The summed E-state index contributed by atoms with van der Waals surface area (Å²) in [6, 6.07) is 0. The highest BCUT2D eigenvalue weighted by Crippen LogP contribution is 2.60. The van der Waals surface area contributed by atoms with Crippen LogP contribution in [-0.2, 0) is 4.79 Å². The van der Waals surface area contributed by atoms with Gasteiger partial charge in [-0.3, -0.25) is 9.78 Å². The third-order valence-electron chi connectivity index (χ3n) is 5.15. The van der Waals surface area contributed by atoms with Crippen LogP contribution in [0.15, 0.2) is 30.2 Å². The fourth-order valence-electron chi connectivity index (χ4n) is 3.63. The second kappa shape index (κ2) is 5.95. The molecule has 0 N–H and O–H groups in total. The standard InChI is InChI=1S/C18H26N4O/c1-13(2)11-14-16(18(14,3)4)17(23)22-9-7-21(8-10-22)15-12-19-5-6-20-15/h5-6,11-12,14,16H,7-10H2,1-4H3. The van der Waals surface area contributed by atoms with E-state index in [0.717, 1.165) is 32.0 Å². The van der Waals surface area contributed by atoms with Crippen LogP contribution in [0, 0.1) is 17.3 Å². The predicted molar refractivity (Wildman–Crippen MR) is 91.0 cm³/mol. The molecule has 0 spiro atoms. The minimum Gasteiger partial charge on any atom is -0.352 e. The summed E-state index contributed by atoms with van der Waals surface area (Å²) in [5.41, 5.74) is 1.39. The normalized spacial score (nSPS) is 25.9. The van der Waals surface area contributed by atoms with Crippen molar-refractivity contribution in [2.75, 3.05) is 31.1 Å². The van der Waals surface area contributed by atoms with Gasteiger partial charge >= 0.3 is 0 Å². The SMILES string of the molecule is CC(C)=CC1C(C(=O)N2CCN(c3cnccn3)CC2)C1(C)C. The Kier molecular flexibility index (Phi) is 4.13. The molecule has 0 radical (unpaired) electrons. The summed E-state index contributed by atoms with van der Waals surface area (Å²) in [4.78, 5) is 25.5. The summed E-state index contributed by atoms with van der Waals surface area (Å²) in [5, 5.41) is 0. The molecule has 1 aliphatic heterocycles. The van der Waals surface area contributed by atoms with E-state index in [1.807, 2.05) is 4.90 Å². The highest BCUT2D eigenvalue weighted by molar-refractivity contribution is 5.84. The fraction of sp³-hybridized carbons (Fsp3) is 0.611. The molecule has 23 heavy (non-hydrogen) atoms. The van der Waals surface area contributed by atoms with Gasteiger partial charge in [0.1, 0.15) is 5.82 Å². The average Bonchev–Trinajstić information content (AvgIpc) is 3.07. The summed E-state index contributed by atoms with van der Waals surface area (Å²) in [6.45, 7) is 11.8. The molecule has 1 aromatic rings. The van der Waals surface area contributed by atoms with Gasteiger partial charge in [0.25, 0.3) is 0 Å². The van der Waals surface area contributed by atoms with Crippen LogP contribution in [0.3, 0.4) is 0 Å². The van der Waals surface area contributed by atoms with Crippen molar-refractivity contribution in [3.8, 4) is 0 Å². The monoisotopic (exact) mass is 314 g/mol. The topological polar surface area (TPSA) is 49.3 Å². The largest absolute Gasteiger partial charge is 0.352 e. The summed E-state index contributed by atoms with van der Waals surface area (Å²) in [6.07, 6.45) is 7.44. The summed E-state index contributed by atoms with van der Waals surface area (Å²) in [5.74, 6) is 1.74. The van der Waals surface area contributed by atoms with Gasteiger partial charge in [0, 0.05) is 38.6 Å². The van der Waals surface area contributed by atoms with Gasteiger partial charge in [0.2, 0.25) is 5.91 Å². The first kappa shape index (κ1) is 16.0. The highest BCUT2D eigenvalue weighted by atomic mass is 16.2. The molecule has 1 amide bonds. The lowest BCUT2D eigenvalue weighted by Gasteiger charge is -2.35. The quantitative estimate of drug-likeness (QED) is 0.804. The molecular weight excluding hydrogens is 288 g/mol. The molecule has 2 unspecified atom stereocenters. The summed E-state index contributed by atoms with van der Waals surface area (Å²) < 4.78 is 0. The molecule has 0 bridgehead atoms. The smallest absolute Gasteiger partial charge is 0.226 e. The Hall–Kier alpha value is -1.91. The Balaban J connectivity index is 1.60. The number of amides is 1. The van der Waals surface area contributed by atoms with Crippen molar-refractivity contribution in [2.24, 2.45) is 17.3 Å². The van der Waals surface area contributed by atoms with Crippen molar-refractivity contribution in [1.82, 2.24) is 14.9 Å². The Labute approximate surface area is 138 Å². The first-order valence-electron chi connectivity index (χ1n) is 8.36. The fourth-order valence-corrected chi connectivity index (χ4v) is 3.63. The molecule has 2 aliphatic rings. The van der Waals surface area contributed by atoms with Crippen LogP contribution in [0.5, 0.6) is 0 Å². The molecule has 3 rings (SSSR count). The number of carbonyl (C=O) groups excluding carboxylic acids is 1. The number of hydrogen-bond acceptors (Lipinski definition) is 4. The second-order valence-corrected chi connectivity index (χ2v) is 7.44. The van der Waals surface area contributed by atoms with E-state index >= 15 is 0 Å².